The standard InChI is InChI=1S/C28H36N4O5/c1-28(2,3)37-27(33)30-21-12-14-32(15-13-21)16-17-35-23-18-29-22-10-11-24(34-4)31-25(22)26(23)36-19-20-8-6-5-7-9-20/h5-11,18,21H,12-17,19H2,1-4H3,(H,30,33). The van der Waals surface area contributed by atoms with Crippen LogP contribution in [0.15, 0.2) is 48.7 Å². The summed E-state index contributed by atoms with van der Waals surface area (Å²) in [6.07, 6.45) is 3.07. The van der Waals surface area contributed by atoms with Crippen molar-refractivity contribution < 1.29 is 23.7 Å². The molecule has 1 aliphatic heterocycles. The summed E-state index contributed by atoms with van der Waals surface area (Å²) in [5, 5.41) is 2.98. The van der Waals surface area contributed by atoms with E-state index in [1.807, 2.05) is 57.2 Å². The monoisotopic (exact) mass is 508 g/mol. The van der Waals surface area contributed by atoms with Gasteiger partial charge in [0.05, 0.1) is 18.8 Å². The van der Waals surface area contributed by atoms with E-state index in [4.69, 9.17) is 18.9 Å². The highest BCUT2D eigenvalue weighted by Crippen LogP contribution is 2.35. The van der Waals surface area contributed by atoms with E-state index in [9.17, 15) is 4.79 Å². The number of amides is 1. The number of rotatable bonds is 9. The summed E-state index contributed by atoms with van der Waals surface area (Å²) >= 11 is 0. The molecule has 0 spiro atoms. The zero-order chi connectivity index (χ0) is 26.3. The topological polar surface area (TPSA) is 95.0 Å². The van der Waals surface area contributed by atoms with Crippen LogP contribution >= 0.6 is 0 Å². The lowest BCUT2D eigenvalue weighted by Crippen LogP contribution is -2.46. The number of hydrogen-bond acceptors (Lipinski definition) is 8. The highest BCUT2D eigenvalue weighted by atomic mass is 16.6. The lowest BCUT2D eigenvalue weighted by atomic mass is 10.1. The molecule has 1 aromatic carbocycles. The Labute approximate surface area is 218 Å². The van der Waals surface area contributed by atoms with Gasteiger partial charge < -0.3 is 24.3 Å². The largest absolute Gasteiger partial charge is 0.487 e. The van der Waals surface area contributed by atoms with Crippen molar-refractivity contribution in [2.24, 2.45) is 0 Å². The first-order chi connectivity index (χ1) is 17.8. The average Bonchev–Trinajstić information content (AvgIpc) is 2.88. The van der Waals surface area contributed by atoms with Gasteiger partial charge in [-0.1, -0.05) is 30.3 Å². The SMILES string of the molecule is COc1ccc2ncc(OCCN3CCC(NC(=O)OC(C)(C)C)CC3)c(OCc3ccccc3)c2n1. The molecule has 9 heteroatoms. The number of fused-ring (bicyclic) bond motifs is 1. The summed E-state index contributed by atoms with van der Waals surface area (Å²) in [6, 6.07) is 13.7. The number of nitrogens with zero attached hydrogens (tertiary/aromatic N) is 3. The third-order valence-corrected chi connectivity index (χ3v) is 6.02. The van der Waals surface area contributed by atoms with Gasteiger partial charge in [0.15, 0.2) is 11.5 Å². The van der Waals surface area contributed by atoms with Crippen molar-refractivity contribution in [3.8, 4) is 17.4 Å². The van der Waals surface area contributed by atoms with Crippen LogP contribution in [0.25, 0.3) is 11.0 Å². The van der Waals surface area contributed by atoms with Crippen LogP contribution in [-0.4, -0.2) is 66.0 Å². The molecule has 0 saturated carbocycles. The van der Waals surface area contributed by atoms with Crippen LogP contribution in [0.3, 0.4) is 0 Å². The molecular formula is C28H36N4O5. The fourth-order valence-corrected chi connectivity index (χ4v) is 4.15. The van der Waals surface area contributed by atoms with Gasteiger partial charge >= 0.3 is 6.09 Å². The third-order valence-electron chi connectivity index (χ3n) is 6.02. The summed E-state index contributed by atoms with van der Waals surface area (Å²) in [5.41, 5.74) is 1.85. The fraction of sp³-hybridized carbons (Fsp3) is 0.464. The van der Waals surface area contributed by atoms with Crippen LogP contribution in [0, 0.1) is 0 Å². The van der Waals surface area contributed by atoms with Crippen LogP contribution in [-0.2, 0) is 11.3 Å². The number of pyridine rings is 2. The molecule has 3 heterocycles. The minimum atomic E-state index is -0.496. The van der Waals surface area contributed by atoms with Gasteiger partial charge in [-0.05, 0) is 45.2 Å². The molecule has 9 nitrogen and oxygen atoms in total. The average molecular weight is 509 g/mol. The molecule has 0 atom stereocenters. The number of likely N-dealkylation sites (tertiary alicyclic amines) is 1. The number of alkyl carbamates (subject to hydrolysis) is 1. The molecule has 1 N–H and O–H groups in total. The molecule has 0 aliphatic carbocycles. The first-order valence-corrected chi connectivity index (χ1v) is 12.7. The van der Waals surface area contributed by atoms with Crippen LogP contribution in [0.4, 0.5) is 4.79 Å². The van der Waals surface area contributed by atoms with E-state index in [1.165, 1.54) is 0 Å². The highest BCUT2D eigenvalue weighted by molar-refractivity contribution is 5.83. The third kappa shape index (κ3) is 7.69. The van der Waals surface area contributed by atoms with Crippen molar-refractivity contribution in [1.29, 1.82) is 0 Å². The number of methoxy groups -OCH3 is 1. The van der Waals surface area contributed by atoms with Crippen LogP contribution < -0.4 is 19.5 Å². The number of carbonyl (C=O) groups is 1. The second kappa shape index (κ2) is 12.1. The maximum Gasteiger partial charge on any atom is 0.407 e. The summed E-state index contributed by atoms with van der Waals surface area (Å²) in [5.74, 6) is 1.58. The van der Waals surface area contributed by atoms with Crippen LogP contribution in [0.1, 0.15) is 39.2 Å². The van der Waals surface area contributed by atoms with E-state index >= 15 is 0 Å². The Morgan fingerprint density at radius 1 is 1.08 bits per heavy atom. The summed E-state index contributed by atoms with van der Waals surface area (Å²) < 4.78 is 23.1. The predicted molar refractivity (Wildman–Crippen MR) is 141 cm³/mol. The second-order valence-corrected chi connectivity index (χ2v) is 10.1. The zero-order valence-electron chi connectivity index (χ0n) is 22.0. The van der Waals surface area contributed by atoms with Crippen LogP contribution in [0.5, 0.6) is 17.4 Å². The van der Waals surface area contributed by atoms with E-state index in [1.54, 1.807) is 19.4 Å². The molecule has 2 aromatic heterocycles. The number of ether oxygens (including phenoxy) is 4. The van der Waals surface area contributed by atoms with Crippen molar-refractivity contribution in [2.75, 3.05) is 33.4 Å². The van der Waals surface area contributed by atoms with E-state index in [-0.39, 0.29) is 12.1 Å². The number of carbonyl (C=O) groups excluding carboxylic acids is 1. The van der Waals surface area contributed by atoms with Gasteiger partial charge in [-0.15, -0.1) is 0 Å². The first-order valence-electron chi connectivity index (χ1n) is 12.7. The summed E-state index contributed by atoms with van der Waals surface area (Å²) in [6.45, 7) is 8.95. The Morgan fingerprint density at radius 3 is 2.54 bits per heavy atom. The molecule has 198 valence electrons. The van der Waals surface area contributed by atoms with Gasteiger partial charge in [0.2, 0.25) is 5.88 Å². The van der Waals surface area contributed by atoms with Crippen molar-refractivity contribution in [3.63, 3.8) is 0 Å². The molecular weight excluding hydrogens is 472 g/mol. The Kier molecular flexibility index (Phi) is 8.66. The number of hydrogen-bond donors (Lipinski definition) is 1. The Bertz CT molecular complexity index is 1170. The Morgan fingerprint density at radius 2 is 1.84 bits per heavy atom. The zero-order valence-corrected chi connectivity index (χ0v) is 22.0. The van der Waals surface area contributed by atoms with E-state index < -0.39 is 5.60 Å². The molecule has 1 amide bonds. The van der Waals surface area contributed by atoms with Gasteiger partial charge in [-0.2, -0.15) is 0 Å². The normalized spacial score (nSPS) is 14.8. The molecule has 1 saturated heterocycles. The molecule has 1 fully saturated rings. The van der Waals surface area contributed by atoms with Gasteiger partial charge in [0.1, 0.15) is 24.3 Å². The molecule has 0 unspecified atom stereocenters. The maximum atomic E-state index is 12.0. The number of aromatic nitrogens is 2. The maximum absolute atomic E-state index is 12.0. The quantitative estimate of drug-likeness (QED) is 0.449. The van der Waals surface area contributed by atoms with Gasteiger partial charge in [0, 0.05) is 31.7 Å². The second-order valence-electron chi connectivity index (χ2n) is 10.1. The van der Waals surface area contributed by atoms with Crippen molar-refractivity contribution in [3.05, 3.63) is 54.2 Å². The minimum Gasteiger partial charge on any atom is -0.487 e. The molecule has 0 bridgehead atoms. The van der Waals surface area contributed by atoms with Crippen LogP contribution in [0.2, 0.25) is 0 Å². The number of piperidine rings is 1. The molecule has 1 aliphatic rings. The highest BCUT2D eigenvalue weighted by Gasteiger charge is 2.24. The number of nitrogens with one attached hydrogen (secondary N) is 1. The number of benzene rings is 1. The lowest BCUT2D eigenvalue weighted by molar-refractivity contribution is 0.0476. The summed E-state index contributed by atoms with van der Waals surface area (Å²) in [4.78, 5) is 23.5. The Hall–Kier alpha value is -3.59. The molecule has 3 aromatic rings. The first kappa shape index (κ1) is 26.5. The summed E-state index contributed by atoms with van der Waals surface area (Å²) in [7, 11) is 1.58. The molecule has 4 rings (SSSR count). The van der Waals surface area contributed by atoms with Crippen molar-refractivity contribution in [1.82, 2.24) is 20.2 Å². The predicted octanol–water partition coefficient (Wildman–Crippen LogP) is 4.59. The fourth-order valence-electron chi connectivity index (χ4n) is 4.15. The van der Waals surface area contributed by atoms with Crippen molar-refractivity contribution >= 4 is 17.1 Å². The molecule has 0 radical (unpaired) electrons. The van der Waals surface area contributed by atoms with Gasteiger partial charge in [-0.25, -0.2) is 9.78 Å². The van der Waals surface area contributed by atoms with Gasteiger partial charge in [-0.3, -0.25) is 9.88 Å². The van der Waals surface area contributed by atoms with E-state index in [2.05, 4.69) is 20.2 Å². The van der Waals surface area contributed by atoms with Gasteiger partial charge in [0.25, 0.3) is 0 Å². The lowest BCUT2D eigenvalue weighted by Gasteiger charge is -2.32. The molecule has 37 heavy (non-hydrogen) atoms. The van der Waals surface area contributed by atoms with E-state index in [0.29, 0.717) is 41.6 Å². The Balaban J connectivity index is 1.35. The smallest absolute Gasteiger partial charge is 0.407 e. The minimum absolute atomic E-state index is 0.121. The van der Waals surface area contributed by atoms with E-state index in [0.717, 1.165) is 38.0 Å². The van der Waals surface area contributed by atoms with Crippen molar-refractivity contribution in [2.45, 2.75) is 51.9 Å².